The third-order valence-corrected chi connectivity index (χ3v) is 9.14. The van der Waals surface area contributed by atoms with Crippen LogP contribution in [0.15, 0.2) is 17.0 Å². The van der Waals surface area contributed by atoms with Crippen molar-refractivity contribution < 1.29 is 14.0 Å². The van der Waals surface area contributed by atoms with Gasteiger partial charge in [-0.1, -0.05) is 0 Å². The van der Waals surface area contributed by atoms with Crippen LogP contribution in [-0.4, -0.2) is 57.2 Å². The zero-order chi connectivity index (χ0) is 22.6. The molecule has 6 rings (SSSR count). The fourth-order valence-electron chi connectivity index (χ4n) is 5.52. The minimum absolute atomic E-state index is 0.0312. The lowest BCUT2D eigenvalue weighted by atomic mass is 9.77. The molecule has 0 bridgehead atoms. The second-order valence-corrected chi connectivity index (χ2v) is 11.3. The van der Waals surface area contributed by atoms with Gasteiger partial charge >= 0.3 is 0 Å². The van der Waals surface area contributed by atoms with Crippen LogP contribution >= 0.6 is 0 Å². The number of hydrogen-bond donors (Lipinski definition) is 2. The van der Waals surface area contributed by atoms with Crippen LogP contribution in [0.2, 0.25) is 0 Å². The van der Waals surface area contributed by atoms with E-state index in [4.69, 9.17) is 9.97 Å². The largest absolute Gasteiger partial charge is 0.611 e. The highest BCUT2D eigenvalue weighted by atomic mass is 32.2. The molecule has 1 saturated carbocycles. The average molecular weight is 472 g/mol. The molecule has 0 unspecified atom stereocenters. The summed E-state index contributed by atoms with van der Waals surface area (Å²) in [6.45, 7) is 3.20. The Morgan fingerprint density at radius 1 is 1.06 bits per heavy atom. The molecule has 4 heterocycles. The predicted molar refractivity (Wildman–Crippen MR) is 127 cm³/mol. The van der Waals surface area contributed by atoms with Crippen molar-refractivity contribution >= 4 is 28.6 Å². The van der Waals surface area contributed by atoms with E-state index in [2.05, 4.69) is 15.1 Å². The van der Waals surface area contributed by atoms with E-state index >= 15 is 0 Å². The molecular formula is C24H30FN5O2S. The third kappa shape index (κ3) is 3.74. The van der Waals surface area contributed by atoms with Gasteiger partial charge in [-0.15, -0.1) is 0 Å². The number of nitrogens with zero attached hydrogens (tertiary/aromatic N) is 4. The molecule has 1 aromatic heterocycles. The highest BCUT2D eigenvalue weighted by Gasteiger charge is 2.41. The highest BCUT2D eigenvalue weighted by Crippen LogP contribution is 2.40. The number of aliphatic hydroxyl groups excluding tert-OH is 1. The van der Waals surface area contributed by atoms with E-state index in [9.17, 15) is 14.0 Å². The molecule has 1 atom stereocenters. The molecule has 7 nitrogen and oxygen atoms in total. The summed E-state index contributed by atoms with van der Waals surface area (Å²) in [4.78, 5) is 14.5. The second-order valence-electron chi connectivity index (χ2n) is 9.80. The zero-order valence-corrected chi connectivity index (χ0v) is 19.6. The smallest absolute Gasteiger partial charge is 0.228 e. The van der Waals surface area contributed by atoms with Crippen LogP contribution in [0.1, 0.15) is 48.9 Å². The summed E-state index contributed by atoms with van der Waals surface area (Å²) in [5, 5.41) is 13.4. The Morgan fingerprint density at radius 3 is 2.61 bits per heavy atom. The molecule has 2 aromatic rings. The monoisotopic (exact) mass is 471 g/mol. The molecule has 1 saturated heterocycles. The Kier molecular flexibility index (Phi) is 5.38. The first-order valence-corrected chi connectivity index (χ1v) is 13.4. The number of benzene rings is 1. The first-order chi connectivity index (χ1) is 16.0. The van der Waals surface area contributed by atoms with Gasteiger partial charge < -0.3 is 24.8 Å². The Labute approximate surface area is 196 Å². The lowest BCUT2D eigenvalue weighted by molar-refractivity contribution is 0.143. The predicted octanol–water partition coefficient (Wildman–Crippen LogP) is 2.77. The topological polar surface area (TPSA) is 87.6 Å². The molecule has 4 aliphatic rings. The van der Waals surface area contributed by atoms with Gasteiger partial charge in [0, 0.05) is 32.6 Å². The summed E-state index contributed by atoms with van der Waals surface area (Å²) in [7, 11) is 0. The standard InChI is InChI=1S/C24H30FN5O2S/c25-18-12-17-14-30(10-4-16(17)13-20(18)29-8-1-2-9-29)23-26-19-5-11-33(32)21(19)22(27-23)28-24(15-31)6-3-7-24/h12-13,31H,1-11,14-15H2,(H,26,27,28)/t33-/m1/s1. The van der Waals surface area contributed by atoms with E-state index < -0.39 is 11.2 Å². The summed E-state index contributed by atoms with van der Waals surface area (Å²) in [5.74, 6) is 1.60. The van der Waals surface area contributed by atoms with Crippen molar-refractivity contribution in [3.8, 4) is 0 Å². The maximum Gasteiger partial charge on any atom is 0.228 e. The van der Waals surface area contributed by atoms with Crippen LogP contribution < -0.4 is 15.1 Å². The Morgan fingerprint density at radius 2 is 1.88 bits per heavy atom. The van der Waals surface area contributed by atoms with Gasteiger partial charge in [0.15, 0.2) is 5.82 Å². The van der Waals surface area contributed by atoms with Crippen LogP contribution in [0.3, 0.4) is 0 Å². The number of nitrogens with one attached hydrogen (secondary N) is 1. The molecule has 0 radical (unpaired) electrons. The quantitative estimate of drug-likeness (QED) is 0.649. The molecule has 176 valence electrons. The van der Waals surface area contributed by atoms with Crippen molar-refractivity contribution in [2.75, 3.05) is 47.1 Å². The van der Waals surface area contributed by atoms with Crippen molar-refractivity contribution in [1.29, 1.82) is 0 Å². The number of aryl methyl sites for hydroxylation is 1. The zero-order valence-electron chi connectivity index (χ0n) is 18.8. The Hall–Kier alpha value is -2.10. The molecule has 9 heteroatoms. The maximum atomic E-state index is 15.0. The number of fused-ring (bicyclic) bond motifs is 2. The lowest BCUT2D eigenvalue weighted by Gasteiger charge is -2.41. The molecule has 3 aliphatic heterocycles. The number of halogens is 1. The summed E-state index contributed by atoms with van der Waals surface area (Å²) >= 11 is -1.12. The fraction of sp³-hybridized carbons (Fsp3) is 0.583. The van der Waals surface area contributed by atoms with E-state index in [0.717, 1.165) is 75.1 Å². The number of aromatic nitrogens is 2. The normalized spacial score (nSPS) is 23.3. The van der Waals surface area contributed by atoms with Crippen molar-refractivity contribution in [3.05, 3.63) is 34.8 Å². The van der Waals surface area contributed by atoms with Gasteiger partial charge in [-0.2, -0.15) is 4.98 Å². The van der Waals surface area contributed by atoms with Crippen molar-refractivity contribution in [1.82, 2.24) is 9.97 Å². The molecule has 0 amide bonds. The SMILES string of the molecule is [O-][S@+]1CCc2nc(N3CCc4cc(N5CCCC5)c(F)cc4C3)nc(NC3(CO)CCC3)c21. The van der Waals surface area contributed by atoms with Crippen molar-refractivity contribution in [3.63, 3.8) is 0 Å². The minimum atomic E-state index is -1.12. The summed E-state index contributed by atoms with van der Waals surface area (Å²) < 4.78 is 27.6. The van der Waals surface area contributed by atoms with Gasteiger partial charge in [0.2, 0.25) is 10.8 Å². The van der Waals surface area contributed by atoms with E-state index in [1.807, 2.05) is 6.07 Å². The highest BCUT2D eigenvalue weighted by molar-refractivity contribution is 7.91. The van der Waals surface area contributed by atoms with Gasteiger partial charge in [0.1, 0.15) is 17.3 Å². The van der Waals surface area contributed by atoms with Gasteiger partial charge in [0.25, 0.3) is 0 Å². The molecule has 0 spiro atoms. The summed E-state index contributed by atoms with van der Waals surface area (Å²) in [5.41, 5.74) is 3.36. The maximum absolute atomic E-state index is 15.0. The van der Waals surface area contributed by atoms with E-state index in [1.54, 1.807) is 6.07 Å². The first kappa shape index (κ1) is 21.4. The van der Waals surface area contributed by atoms with Crippen LogP contribution in [0.25, 0.3) is 0 Å². The third-order valence-electron chi connectivity index (χ3n) is 7.68. The number of hydrogen-bond acceptors (Lipinski definition) is 7. The average Bonchev–Trinajstić information content (AvgIpc) is 3.45. The van der Waals surface area contributed by atoms with Crippen molar-refractivity contribution in [2.45, 2.75) is 61.9 Å². The van der Waals surface area contributed by atoms with Crippen LogP contribution in [-0.2, 0) is 30.6 Å². The molecule has 1 aliphatic carbocycles. The molecule has 1 aromatic carbocycles. The summed E-state index contributed by atoms with van der Waals surface area (Å²) in [6, 6.07) is 3.72. The van der Waals surface area contributed by atoms with Gasteiger partial charge in [-0.3, -0.25) is 0 Å². The lowest BCUT2D eigenvalue weighted by Crippen LogP contribution is -2.49. The first-order valence-electron chi connectivity index (χ1n) is 12.0. The van der Waals surface area contributed by atoms with Gasteiger partial charge in [-0.25, -0.2) is 9.37 Å². The Bertz CT molecular complexity index is 1070. The van der Waals surface area contributed by atoms with E-state index in [1.165, 1.54) is 5.56 Å². The van der Waals surface area contributed by atoms with Gasteiger partial charge in [0.05, 0.1) is 17.8 Å². The van der Waals surface area contributed by atoms with Crippen LogP contribution in [0.5, 0.6) is 0 Å². The number of anilines is 3. The molecule has 2 fully saturated rings. The Balaban J connectivity index is 1.30. The van der Waals surface area contributed by atoms with E-state index in [0.29, 0.717) is 35.4 Å². The minimum Gasteiger partial charge on any atom is -0.611 e. The fourth-order valence-corrected chi connectivity index (χ4v) is 6.83. The number of rotatable bonds is 5. The molecular weight excluding hydrogens is 441 g/mol. The van der Waals surface area contributed by atoms with Crippen molar-refractivity contribution in [2.24, 2.45) is 0 Å². The van der Waals surface area contributed by atoms with Crippen LogP contribution in [0.4, 0.5) is 21.8 Å². The summed E-state index contributed by atoms with van der Waals surface area (Å²) in [6.07, 6.45) is 6.53. The molecule has 2 N–H and O–H groups in total. The number of aliphatic hydroxyl groups is 1. The second kappa shape index (κ2) is 8.29. The van der Waals surface area contributed by atoms with Gasteiger partial charge in [-0.05, 0) is 73.0 Å². The molecule has 33 heavy (non-hydrogen) atoms. The van der Waals surface area contributed by atoms with Crippen LogP contribution in [0, 0.1) is 5.82 Å². The van der Waals surface area contributed by atoms with E-state index in [-0.39, 0.29) is 18.0 Å².